The summed E-state index contributed by atoms with van der Waals surface area (Å²) in [5.41, 5.74) is -5.79. The predicted octanol–water partition coefficient (Wildman–Crippen LogP) is 9.53. The van der Waals surface area contributed by atoms with Crippen LogP contribution < -0.4 is 31.9 Å². The number of ether oxygens (including phenoxy) is 12. The summed E-state index contributed by atoms with van der Waals surface area (Å²) in [7, 11) is 1.17. The van der Waals surface area contributed by atoms with Crippen molar-refractivity contribution in [2.24, 2.45) is 0 Å². The number of methoxy groups -OCH3 is 1. The smallest absolute Gasteiger partial charge is 0.408 e. The number of amides is 6. The Balaban J connectivity index is 2.07. The monoisotopic (exact) mass is 1340 g/mol. The molecule has 27 heteroatoms. The topological polar surface area (TPSA) is 337 Å². The molecule has 1 saturated heterocycles. The molecular formula is C68H100N6O21. The van der Waals surface area contributed by atoms with Crippen molar-refractivity contribution >= 4 is 54.5 Å². The first-order valence-corrected chi connectivity index (χ1v) is 31.5. The third-order valence-electron chi connectivity index (χ3n) is 12.8. The van der Waals surface area contributed by atoms with Gasteiger partial charge in [0.05, 0.1) is 6.61 Å². The number of carbonyl (C=O) groups is 9. The first kappa shape index (κ1) is 79.0. The van der Waals surface area contributed by atoms with Crippen LogP contribution in [0.2, 0.25) is 0 Å². The zero-order valence-electron chi connectivity index (χ0n) is 58.3. The number of hydrogen-bond acceptors (Lipinski definition) is 21. The van der Waals surface area contributed by atoms with Gasteiger partial charge in [-0.15, -0.1) is 0 Å². The highest BCUT2D eigenvalue weighted by molar-refractivity contribution is 5.84. The number of rotatable bonds is 25. The zero-order valence-corrected chi connectivity index (χ0v) is 58.3. The number of alkyl carbamates (subject to hydrolysis) is 6. The molecule has 528 valence electrons. The van der Waals surface area contributed by atoms with E-state index in [2.05, 4.69) is 31.9 Å². The molecule has 4 rings (SSSR count). The van der Waals surface area contributed by atoms with E-state index in [4.69, 9.17) is 56.8 Å². The predicted molar refractivity (Wildman–Crippen MR) is 347 cm³/mol. The Kier molecular flexibility index (Phi) is 28.5. The normalized spacial score (nSPS) is 17.9. The maximum absolute atomic E-state index is 15.4. The van der Waals surface area contributed by atoms with Gasteiger partial charge in [-0.25, -0.2) is 43.2 Å². The van der Waals surface area contributed by atoms with E-state index < -0.39 is 162 Å². The number of hydrogen-bond donors (Lipinski definition) is 6. The molecule has 0 aromatic heterocycles. The van der Waals surface area contributed by atoms with Crippen LogP contribution in [-0.4, -0.2) is 170 Å². The molecule has 3 aromatic carbocycles. The van der Waals surface area contributed by atoms with Gasteiger partial charge in [-0.3, -0.25) is 0 Å². The number of esters is 3. The average molecular weight is 1340 g/mol. The van der Waals surface area contributed by atoms with E-state index in [1.54, 1.807) is 125 Å². The highest BCUT2D eigenvalue weighted by Crippen LogP contribution is 2.42. The van der Waals surface area contributed by atoms with Crippen LogP contribution in [0.4, 0.5) is 28.8 Å². The number of benzene rings is 3. The van der Waals surface area contributed by atoms with Crippen molar-refractivity contribution in [2.75, 3.05) is 33.4 Å². The van der Waals surface area contributed by atoms with Crippen LogP contribution in [0.15, 0.2) is 91.0 Å². The van der Waals surface area contributed by atoms with Crippen LogP contribution in [0.5, 0.6) is 0 Å². The second-order valence-corrected chi connectivity index (χ2v) is 28.3. The maximum atomic E-state index is 15.4. The van der Waals surface area contributed by atoms with Gasteiger partial charge in [-0.1, -0.05) is 91.0 Å². The van der Waals surface area contributed by atoms with Gasteiger partial charge >= 0.3 is 54.5 Å². The summed E-state index contributed by atoms with van der Waals surface area (Å²) in [6.07, 6.45) is -16.7. The van der Waals surface area contributed by atoms with Gasteiger partial charge in [0, 0.05) is 26.7 Å². The lowest BCUT2D eigenvalue weighted by Gasteiger charge is -2.46. The summed E-state index contributed by atoms with van der Waals surface area (Å²) in [6, 6.07) is 22.3. The standard InChI is InChI=1S/C68H100N6O21/c1-62(2,3)90-56(78)69-38-35-45(72-59(81)93-65(10,11)12)52(75)87-49-48(41-85-68(42-29-23-20-24-30-42,43-31-25-21-26-32-43)44-33-27-22-28-34-44)86-55(84-19)51(89-54(77)47(74-61(83)95-67(16,17)18)37-40-71-58(80)92-64(7,8)9)50(49)88-53(76)46(73-60(82)94-66(13,14)15)36-39-70-57(79)91-63(4,5)6/h20-34,45-51,55H,35-41H2,1-19H3,(H,69,78)(H,70,79)(H,71,80)(H,72,81)(H,73,82)(H,74,83)/t45-,46-,47-,48+,49+,50-,51-,55-/m0/s1. The zero-order chi connectivity index (χ0) is 71.3. The van der Waals surface area contributed by atoms with Crippen LogP contribution in [-0.2, 0) is 76.8 Å². The lowest BCUT2D eigenvalue weighted by Crippen LogP contribution is -2.65. The van der Waals surface area contributed by atoms with Crippen molar-refractivity contribution in [3.8, 4) is 0 Å². The summed E-state index contributed by atoms with van der Waals surface area (Å²) in [5.74, 6) is -3.82. The summed E-state index contributed by atoms with van der Waals surface area (Å²) in [5, 5.41) is 15.2. The molecule has 1 aliphatic rings. The van der Waals surface area contributed by atoms with Crippen molar-refractivity contribution in [1.82, 2.24) is 31.9 Å². The Morgan fingerprint density at radius 3 is 0.916 bits per heavy atom. The van der Waals surface area contributed by atoms with E-state index in [-0.39, 0.29) is 26.1 Å². The first-order chi connectivity index (χ1) is 44.0. The molecule has 0 radical (unpaired) electrons. The Labute approximate surface area is 557 Å². The maximum Gasteiger partial charge on any atom is 0.408 e. The van der Waals surface area contributed by atoms with Crippen LogP contribution >= 0.6 is 0 Å². The van der Waals surface area contributed by atoms with Gasteiger partial charge in [0.15, 0.2) is 24.6 Å². The van der Waals surface area contributed by atoms with Crippen molar-refractivity contribution in [2.45, 2.75) is 232 Å². The summed E-state index contributed by atoms with van der Waals surface area (Å²) < 4.78 is 72.2. The minimum absolute atomic E-state index is 0.312. The fourth-order valence-electron chi connectivity index (χ4n) is 9.22. The molecule has 0 bridgehead atoms. The van der Waals surface area contributed by atoms with E-state index in [1.165, 1.54) is 7.11 Å². The lowest BCUT2D eigenvalue weighted by molar-refractivity contribution is -0.307. The molecule has 1 heterocycles. The van der Waals surface area contributed by atoms with Crippen LogP contribution in [0, 0.1) is 0 Å². The lowest BCUT2D eigenvalue weighted by atomic mass is 9.80. The molecule has 0 spiro atoms. The van der Waals surface area contributed by atoms with E-state index in [9.17, 15) is 28.8 Å². The van der Waals surface area contributed by atoms with Gasteiger partial charge in [0.1, 0.15) is 63.4 Å². The van der Waals surface area contributed by atoms with Gasteiger partial charge < -0.3 is 88.7 Å². The Bertz CT molecular complexity index is 2910. The molecule has 0 aliphatic carbocycles. The van der Waals surface area contributed by atoms with Gasteiger partial charge in [-0.2, -0.15) is 0 Å². The van der Waals surface area contributed by atoms with Crippen molar-refractivity contribution < 1.29 is 100.0 Å². The Hall–Kier alpha value is -8.43. The third-order valence-corrected chi connectivity index (χ3v) is 12.8. The number of carbonyl (C=O) groups excluding carboxylic acids is 9. The van der Waals surface area contributed by atoms with E-state index in [0.29, 0.717) is 16.7 Å². The molecule has 0 unspecified atom stereocenters. The molecule has 8 atom stereocenters. The summed E-state index contributed by atoms with van der Waals surface area (Å²) >= 11 is 0. The molecular weight excluding hydrogens is 1240 g/mol. The second-order valence-electron chi connectivity index (χ2n) is 28.3. The van der Waals surface area contributed by atoms with Crippen molar-refractivity contribution in [3.63, 3.8) is 0 Å². The minimum atomic E-state index is -2.12. The Morgan fingerprint density at radius 2 is 0.642 bits per heavy atom. The van der Waals surface area contributed by atoms with Crippen LogP contribution in [0.1, 0.15) is 161 Å². The third kappa shape index (κ3) is 28.2. The highest BCUT2D eigenvalue weighted by atomic mass is 16.7. The Morgan fingerprint density at radius 1 is 0.379 bits per heavy atom. The van der Waals surface area contributed by atoms with Gasteiger partial charge in [0.25, 0.3) is 0 Å². The van der Waals surface area contributed by atoms with Crippen molar-refractivity contribution in [3.05, 3.63) is 108 Å². The van der Waals surface area contributed by atoms with Crippen molar-refractivity contribution in [1.29, 1.82) is 0 Å². The molecule has 27 nitrogen and oxygen atoms in total. The van der Waals surface area contributed by atoms with Crippen LogP contribution in [0.25, 0.3) is 0 Å². The van der Waals surface area contributed by atoms with E-state index in [0.717, 1.165) is 0 Å². The molecule has 95 heavy (non-hydrogen) atoms. The second kappa shape index (κ2) is 34.3. The SMILES string of the molecule is CO[C@H]1O[C@H](COC(c2ccccc2)(c2ccccc2)c2ccccc2)[C@@H](OC(=O)[C@H](CCNC(=O)OC(C)(C)C)NC(=O)OC(C)(C)C)[C@H](OC(=O)[C@H](CCNC(=O)OC(C)(C)C)NC(=O)OC(C)(C)C)[C@@H]1OC(=O)[C@H](CCNC(=O)OC(C)(C)C)NC(=O)OC(C)(C)C. The average Bonchev–Trinajstić information content (AvgIpc) is 0.759. The molecule has 6 N–H and O–H groups in total. The fourth-order valence-corrected chi connectivity index (χ4v) is 9.22. The van der Waals surface area contributed by atoms with E-state index >= 15 is 14.4 Å². The molecule has 1 fully saturated rings. The summed E-state index contributed by atoms with van der Waals surface area (Å²) in [4.78, 5) is 126. The van der Waals surface area contributed by atoms with Gasteiger partial charge in [-0.05, 0) is 161 Å². The molecule has 1 aliphatic heterocycles. The fraction of sp³-hybridized carbons (Fsp3) is 0.603. The van der Waals surface area contributed by atoms with Gasteiger partial charge in [0.2, 0.25) is 0 Å². The molecule has 3 aromatic rings. The largest absolute Gasteiger partial charge is 0.454 e. The van der Waals surface area contributed by atoms with E-state index in [1.807, 2.05) is 91.0 Å². The first-order valence-electron chi connectivity index (χ1n) is 31.5. The van der Waals surface area contributed by atoms with Crippen LogP contribution in [0.3, 0.4) is 0 Å². The highest BCUT2D eigenvalue weighted by Gasteiger charge is 2.55. The number of nitrogens with one attached hydrogen (secondary N) is 6. The summed E-state index contributed by atoms with van der Waals surface area (Å²) in [6.45, 7) is 27.5. The minimum Gasteiger partial charge on any atom is -0.454 e. The molecule has 6 amide bonds. The quantitative estimate of drug-likeness (QED) is 0.0261. The molecule has 0 saturated carbocycles.